The number of para-hydroxylation sites is 1. The minimum Gasteiger partial charge on any atom is -0.379 e. The lowest BCUT2D eigenvalue weighted by Gasteiger charge is -2.26. The monoisotopic (exact) mass is 513 g/mol. The first-order valence-corrected chi connectivity index (χ1v) is 13.5. The van der Waals surface area contributed by atoms with Gasteiger partial charge in [0.1, 0.15) is 5.82 Å². The lowest BCUT2D eigenvalue weighted by Crippen LogP contribution is -2.38. The summed E-state index contributed by atoms with van der Waals surface area (Å²) in [6.45, 7) is 7.87. The number of fused-ring (bicyclic) bond motifs is 1. The molecular weight excluding hydrogens is 477 g/mol. The van der Waals surface area contributed by atoms with Gasteiger partial charge in [-0.15, -0.1) is 0 Å². The fraction of sp³-hybridized carbons (Fsp3) is 0.344. The first kappa shape index (κ1) is 26.1. The molecule has 1 amide bonds. The molecule has 0 unspecified atom stereocenters. The fourth-order valence-electron chi connectivity index (χ4n) is 5.38. The van der Waals surface area contributed by atoms with Gasteiger partial charge in [-0.25, -0.2) is 4.39 Å². The van der Waals surface area contributed by atoms with Crippen molar-refractivity contribution in [2.75, 3.05) is 39.4 Å². The second kappa shape index (κ2) is 12.4. The molecule has 0 saturated carbocycles. The van der Waals surface area contributed by atoms with Gasteiger partial charge < -0.3 is 14.6 Å². The average molecular weight is 514 g/mol. The first-order chi connectivity index (χ1) is 18.6. The van der Waals surface area contributed by atoms with Crippen LogP contribution in [0.3, 0.4) is 0 Å². The van der Waals surface area contributed by atoms with Gasteiger partial charge in [0.15, 0.2) is 0 Å². The summed E-state index contributed by atoms with van der Waals surface area (Å²) in [6, 6.07) is 23.4. The maximum Gasteiger partial charge on any atom is 0.220 e. The maximum atomic E-state index is 13.5. The predicted octanol–water partition coefficient (Wildman–Crippen LogP) is 5.50. The van der Waals surface area contributed by atoms with E-state index in [0.717, 1.165) is 66.9 Å². The van der Waals surface area contributed by atoms with Gasteiger partial charge in [-0.2, -0.15) is 0 Å². The molecule has 5 nitrogen and oxygen atoms in total. The topological polar surface area (TPSA) is 46.5 Å². The number of carbonyl (C=O) groups excluding carboxylic acids is 1. The Labute approximate surface area is 224 Å². The minimum atomic E-state index is -0.234. The molecule has 0 bridgehead atoms. The van der Waals surface area contributed by atoms with E-state index in [0.29, 0.717) is 19.5 Å². The number of halogens is 1. The van der Waals surface area contributed by atoms with Crippen LogP contribution in [0.1, 0.15) is 41.0 Å². The van der Waals surface area contributed by atoms with Gasteiger partial charge in [0, 0.05) is 55.6 Å². The first-order valence-electron chi connectivity index (χ1n) is 13.5. The van der Waals surface area contributed by atoms with Crippen LogP contribution in [0, 0.1) is 12.7 Å². The van der Waals surface area contributed by atoms with Crippen molar-refractivity contribution in [3.05, 3.63) is 107 Å². The number of aryl methyl sites for hydroxylation is 1. The normalized spacial score (nSPS) is 15.0. The number of hydrogen-bond acceptors (Lipinski definition) is 3. The molecule has 1 saturated heterocycles. The molecule has 1 aliphatic rings. The number of carbonyl (C=O) groups is 1. The van der Waals surface area contributed by atoms with E-state index in [1.165, 1.54) is 17.7 Å². The van der Waals surface area contributed by atoms with Gasteiger partial charge in [0.2, 0.25) is 5.91 Å². The minimum absolute atomic E-state index is 0.0637. The highest BCUT2D eigenvalue weighted by Crippen LogP contribution is 2.35. The van der Waals surface area contributed by atoms with Crippen LogP contribution in [0.25, 0.3) is 10.9 Å². The van der Waals surface area contributed by atoms with Gasteiger partial charge >= 0.3 is 0 Å². The number of hydrogen-bond donors (Lipinski definition) is 1. The highest BCUT2D eigenvalue weighted by Gasteiger charge is 2.23. The third-order valence-corrected chi connectivity index (χ3v) is 7.37. The van der Waals surface area contributed by atoms with Crippen LogP contribution in [0.5, 0.6) is 0 Å². The lowest BCUT2D eigenvalue weighted by molar-refractivity contribution is -0.121. The van der Waals surface area contributed by atoms with Gasteiger partial charge in [-0.05, 0) is 54.8 Å². The average Bonchev–Trinajstić information content (AvgIpc) is 3.29. The van der Waals surface area contributed by atoms with Crippen LogP contribution in [0.15, 0.2) is 79.0 Å². The summed E-state index contributed by atoms with van der Waals surface area (Å²) in [5.41, 5.74) is 5.59. The Bertz CT molecular complexity index is 1360. The van der Waals surface area contributed by atoms with E-state index in [2.05, 4.69) is 64.3 Å². The maximum absolute atomic E-state index is 13.5. The number of amides is 1. The zero-order valence-electron chi connectivity index (χ0n) is 22.0. The lowest BCUT2D eigenvalue weighted by atomic mass is 9.87. The molecule has 3 aromatic carbocycles. The van der Waals surface area contributed by atoms with Crippen molar-refractivity contribution in [3.8, 4) is 0 Å². The summed E-state index contributed by atoms with van der Waals surface area (Å²) in [5.74, 6) is -0.246. The SMILES string of the molecule is Cc1cccc([C@@H](CC(=O)NCCCN2CCOCC2)c2cn(Cc3ccc(F)cc3)c3ccccc23)c1. The highest BCUT2D eigenvalue weighted by molar-refractivity contribution is 5.86. The van der Waals surface area contributed by atoms with Crippen molar-refractivity contribution in [2.45, 2.75) is 32.2 Å². The van der Waals surface area contributed by atoms with Crippen molar-refractivity contribution < 1.29 is 13.9 Å². The second-order valence-corrected chi connectivity index (χ2v) is 10.2. The van der Waals surface area contributed by atoms with Crippen molar-refractivity contribution in [2.24, 2.45) is 0 Å². The van der Waals surface area contributed by atoms with Crippen molar-refractivity contribution in [3.63, 3.8) is 0 Å². The Morgan fingerprint density at radius 2 is 1.82 bits per heavy atom. The highest BCUT2D eigenvalue weighted by atomic mass is 19.1. The zero-order chi connectivity index (χ0) is 26.3. The van der Waals surface area contributed by atoms with E-state index >= 15 is 0 Å². The Kier molecular flexibility index (Phi) is 8.51. The van der Waals surface area contributed by atoms with Crippen molar-refractivity contribution in [1.82, 2.24) is 14.8 Å². The molecule has 0 spiro atoms. The smallest absolute Gasteiger partial charge is 0.220 e. The number of benzene rings is 3. The van der Waals surface area contributed by atoms with Gasteiger partial charge in [-0.3, -0.25) is 9.69 Å². The molecule has 6 heteroatoms. The van der Waals surface area contributed by atoms with Crippen LogP contribution in [0.4, 0.5) is 4.39 Å². The molecule has 2 heterocycles. The summed E-state index contributed by atoms with van der Waals surface area (Å²) in [5, 5.41) is 4.31. The molecule has 5 rings (SSSR count). The van der Waals surface area contributed by atoms with E-state index in [1.807, 2.05) is 24.3 Å². The number of nitrogens with one attached hydrogen (secondary N) is 1. The standard InChI is InChI=1S/C32H36FN3O2/c1-24-6-4-7-26(20-24)29(21-32(37)34-14-5-15-35-16-18-38-19-17-35)30-23-36(31-9-3-2-8-28(30)31)22-25-10-12-27(33)13-11-25/h2-4,6-13,20,23,29H,5,14-19,21-22H2,1H3,(H,34,37)/t29-/m1/s1. The molecule has 1 aliphatic heterocycles. The Balaban J connectivity index is 1.37. The van der Waals surface area contributed by atoms with Crippen LogP contribution < -0.4 is 5.32 Å². The third-order valence-electron chi connectivity index (χ3n) is 7.37. The molecule has 1 fully saturated rings. The summed E-state index contributed by atoms with van der Waals surface area (Å²) in [6.07, 6.45) is 3.48. The van der Waals surface area contributed by atoms with E-state index in [4.69, 9.17) is 4.74 Å². The van der Waals surface area contributed by atoms with Crippen LogP contribution in [-0.4, -0.2) is 54.8 Å². The Morgan fingerprint density at radius 3 is 2.61 bits per heavy atom. The Morgan fingerprint density at radius 1 is 1.03 bits per heavy atom. The quantitative estimate of drug-likeness (QED) is 0.285. The molecule has 1 aromatic heterocycles. The molecule has 4 aromatic rings. The van der Waals surface area contributed by atoms with E-state index in [1.54, 1.807) is 0 Å². The second-order valence-electron chi connectivity index (χ2n) is 10.2. The number of ether oxygens (including phenoxy) is 1. The molecular formula is C32H36FN3O2. The predicted molar refractivity (Wildman–Crippen MR) is 150 cm³/mol. The van der Waals surface area contributed by atoms with Gasteiger partial charge in [-0.1, -0.05) is 60.2 Å². The number of rotatable bonds is 10. The number of morpholine rings is 1. The summed E-state index contributed by atoms with van der Waals surface area (Å²) >= 11 is 0. The Hall–Kier alpha value is -3.48. The molecule has 1 atom stereocenters. The number of aromatic nitrogens is 1. The summed E-state index contributed by atoms with van der Waals surface area (Å²) < 4.78 is 21.1. The number of nitrogens with zero attached hydrogens (tertiary/aromatic N) is 2. The molecule has 0 radical (unpaired) electrons. The van der Waals surface area contributed by atoms with Crippen LogP contribution in [-0.2, 0) is 16.1 Å². The van der Waals surface area contributed by atoms with Crippen LogP contribution in [0.2, 0.25) is 0 Å². The molecule has 198 valence electrons. The largest absolute Gasteiger partial charge is 0.379 e. The fourth-order valence-corrected chi connectivity index (χ4v) is 5.38. The summed E-state index contributed by atoms with van der Waals surface area (Å²) in [4.78, 5) is 15.6. The molecule has 1 N–H and O–H groups in total. The summed E-state index contributed by atoms with van der Waals surface area (Å²) in [7, 11) is 0. The van der Waals surface area contributed by atoms with E-state index in [-0.39, 0.29) is 17.6 Å². The van der Waals surface area contributed by atoms with Crippen LogP contribution >= 0.6 is 0 Å². The van der Waals surface area contributed by atoms with E-state index in [9.17, 15) is 9.18 Å². The molecule has 38 heavy (non-hydrogen) atoms. The van der Waals surface area contributed by atoms with Crippen molar-refractivity contribution in [1.29, 1.82) is 0 Å². The van der Waals surface area contributed by atoms with Crippen molar-refractivity contribution >= 4 is 16.8 Å². The van der Waals surface area contributed by atoms with Gasteiger partial charge in [0.05, 0.1) is 13.2 Å². The zero-order valence-corrected chi connectivity index (χ0v) is 22.0. The van der Waals surface area contributed by atoms with Gasteiger partial charge in [0.25, 0.3) is 0 Å². The third kappa shape index (κ3) is 6.50. The van der Waals surface area contributed by atoms with E-state index < -0.39 is 0 Å². The molecule has 0 aliphatic carbocycles.